The summed E-state index contributed by atoms with van der Waals surface area (Å²) in [6.07, 6.45) is 3.15. The molecule has 1 aliphatic rings. The molecule has 20 heavy (non-hydrogen) atoms. The van der Waals surface area contributed by atoms with Crippen LogP contribution < -0.4 is 0 Å². The number of carboxylic acid groups (broad SMARTS) is 1. The fraction of sp³-hybridized carbons (Fsp3) is 0.500. The van der Waals surface area contributed by atoms with Crippen molar-refractivity contribution in [2.75, 3.05) is 6.54 Å². The molecule has 1 amide bonds. The van der Waals surface area contributed by atoms with Crippen LogP contribution in [0.1, 0.15) is 29.8 Å². The van der Waals surface area contributed by atoms with Crippen LogP contribution in [0.4, 0.5) is 5.69 Å². The van der Waals surface area contributed by atoms with E-state index in [0.29, 0.717) is 13.0 Å². The maximum absolute atomic E-state index is 12.4. The van der Waals surface area contributed by atoms with Gasteiger partial charge in [0.05, 0.1) is 11.1 Å². The molecule has 1 fully saturated rings. The Hall–Kier alpha value is -2.38. The van der Waals surface area contributed by atoms with Crippen molar-refractivity contribution in [1.29, 1.82) is 0 Å². The summed E-state index contributed by atoms with van der Waals surface area (Å²) < 4.78 is 1.36. The number of aliphatic carboxylic acids is 1. The number of nitrogens with zero attached hydrogens (tertiary/aromatic N) is 3. The summed E-state index contributed by atoms with van der Waals surface area (Å²) in [5.41, 5.74) is -0.0513. The molecule has 1 saturated heterocycles. The first kappa shape index (κ1) is 14.0. The summed E-state index contributed by atoms with van der Waals surface area (Å²) in [5.74, 6) is -1.52. The number of carbonyl (C=O) groups excluding carboxylic acids is 1. The monoisotopic (exact) mass is 281 g/mol. The molecule has 1 aliphatic heterocycles. The summed E-state index contributed by atoms with van der Waals surface area (Å²) in [7, 11) is 1.53. The van der Waals surface area contributed by atoms with Gasteiger partial charge in [-0.25, -0.2) is 4.79 Å². The van der Waals surface area contributed by atoms with E-state index in [1.54, 1.807) is 0 Å². The van der Waals surface area contributed by atoms with E-state index < -0.39 is 22.8 Å². The van der Waals surface area contributed by atoms with Gasteiger partial charge in [0.15, 0.2) is 0 Å². The number of aromatic nitrogens is 1. The summed E-state index contributed by atoms with van der Waals surface area (Å²) in [4.78, 5) is 35.0. The average molecular weight is 281 g/mol. The lowest BCUT2D eigenvalue weighted by Crippen LogP contribution is -2.48. The molecule has 108 valence electrons. The zero-order valence-corrected chi connectivity index (χ0v) is 11.0. The van der Waals surface area contributed by atoms with Gasteiger partial charge in [-0.15, -0.1) is 0 Å². The van der Waals surface area contributed by atoms with Gasteiger partial charge in [-0.3, -0.25) is 14.9 Å². The van der Waals surface area contributed by atoms with Crippen LogP contribution in [-0.4, -0.2) is 44.0 Å². The van der Waals surface area contributed by atoms with Crippen molar-refractivity contribution >= 4 is 17.6 Å². The van der Waals surface area contributed by atoms with Gasteiger partial charge in [0.25, 0.3) is 11.6 Å². The molecule has 8 nitrogen and oxygen atoms in total. The highest BCUT2D eigenvalue weighted by Crippen LogP contribution is 2.22. The van der Waals surface area contributed by atoms with E-state index in [0.717, 1.165) is 12.8 Å². The molecule has 1 aromatic heterocycles. The molecule has 2 rings (SSSR count). The minimum Gasteiger partial charge on any atom is -0.480 e. The maximum atomic E-state index is 12.4. The fourth-order valence-electron chi connectivity index (χ4n) is 2.44. The Labute approximate surface area is 114 Å². The van der Waals surface area contributed by atoms with Gasteiger partial charge in [-0.2, -0.15) is 0 Å². The lowest BCUT2D eigenvalue weighted by Gasteiger charge is -2.32. The normalized spacial score (nSPS) is 18.9. The van der Waals surface area contributed by atoms with E-state index >= 15 is 0 Å². The fourth-order valence-corrected chi connectivity index (χ4v) is 2.44. The van der Waals surface area contributed by atoms with Gasteiger partial charge in [-0.05, 0) is 19.3 Å². The third-order valence-corrected chi connectivity index (χ3v) is 3.47. The Morgan fingerprint density at radius 3 is 2.70 bits per heavy atom. The predicted octanol–water partition coefficient (Wildman–Crippen LogP) is 1.01. The van der Waals surface area contributed by atoms with E-state index in [-0.39, 0.29) is 11.4 Å². The number of carboxylic acids is 1. The summed E-state index contributed by atoms with van der Waals surface area (Å²) >= 11 is 0. The average Bonchev–Trinajstić information content (AvgIpc) is 2.80. The predicted molar refractivity (Wildman–Crippen MR) is 68.4 cm³/mol. The number of nitro groups is 1. The van der Waals surface area contributed by atoms with Gasteiger partial charge in [0.2, 0.25) is 0 Å². The minimum absolute atomic E-state index is 0.129. The van der Waals surface area contributed by atoms with E-state index in [4.69, 9.17) is 5.11 Å². The molecule has 0 bridgehead atoms. The second-order valence-corrected chi connectivity index (χ2v) is 4.80. The van der Waals surface area contributed by atoms with Crippen molar-refractivity contribution in [3.8, 4) is 0 Å². The lowest BCUT2D eigenvalue weighted by atomic mass is 10.0. The third kappa shape index (κ3) is 2.49. The van der Waals surface area contributed by atoms with Gasteiger partial charge in [0, 0.05) is 19.7 Å². The number of amides is 1. The van der Waals surface area contributed by atoms with E-state index in [1.165, 1.54) is 28.8 Å². The molecular weight excluding hydrogens is 266 g/mol. The van der Waals surface area contributed by atoms with Crippen LogP contribution in [0.5, 0.6) is 0 Å². The molecule has 0 radical (unpaired) electrons. The van der Waals surface area contributed by atoms with Crippen molar-refractivity contribution in [3.63, 3.8) is 0 Å². The standard InChI is InChI=1S/C12H15N3O5/c1-13-7-8(15(19)20)6-10(13)11(16)14-5-3-2-4-9(14)12(17)18/h6-7,9H,2-5H2,1H3,(H,17,18)/t9-/m1/s1. The molecule has 0 spiro atoms. The highest BCUT2D eigenvalue weighted by Gasteiger charge is 2.34. The van der Waals surface area contributed by atoms with Crippen LogP contribution in [0.3, 0.4) is 0 Å². The molecule has 8 heteroatoms. The Balaban J connectivity index is 2.29. The Morgan fingerprint density at radius 2 is 2.15 bits per heavy atom. The quantitative estimate of drug-likeness (QED) is 0.657. The smallest absolute Gasteiger partial charge is 0.326 e. The van der Waals surface area contributed by atoms with E-state index in [1.807, 2.05) is 0 Å². The van der Waals surface area contributed by atoms with Crippen LogP contribution >= 0.6 is 0 Å². The van der Waals surface area contributed by atoms with Gasteiger partial charge in [-0.1, -0.05) is 0 Å². The van der Waals surface area contributed by atoms with E-state index in [9.17, 15) is 19.7 Å². The molecular formula is C12H15N3O5. The van der Waals surface area contributed by atoms with Crippen molar-refractivity contribution in [2.24, 2.45) is 7.05 Å². The first-order valence-electron chi connectivity index (χ1n) is 6.26. The maximum Gasteiger partial charge on any atom is 0.326 e. The number of aryl methyl sites for hydroxylation is 1. The number of likely N-dealkylation sites (tertiary alicyclic amines) is 1. The second-order valence-electron chi connectivity index (χ2n) is 4.80. The van der Waals surface area contributed by atoms with Gasteiger partial charge < -0.3 is 14.6 Å². The van der Waals surface area contributed by atoms with Crippen LogP contribution in [0.25, 0.3) is 0 Å². The van der Waals surface area contributed by atoms with Crippen molar-refractivity contribution in [1.82, 2.24) is 9.47 Å². The Bertz CT molecular complexity index is 565. The minimum atomic E-state index is -1.04. The van der Waals surface area contributed by atoms with Gasteiger partial charge >= 0.3 is 5.97 Å². The third-order valence-electron chi connectivity index (χ3n) is 3.47. The first-order valence-corrected chi connectivity index (χ1v) is 6.26. The van der Waals surface area contributed by atoms with Gasteiger partial charge in [0.1, 0.15) is 11.7 Å². The van der Waals surface area contributed by atoms with Crippen LogP contribution in [0.2, 0.25) is 0 Å². The zero-order valence-electron chi connectivity index (χ0n) is 11.0. The molecule has 1 N–H and O–H groups in total. The molecule has 2 heterocycles. The van der Waals surface area contributed by atoms with E-state index in [2.05, 4.69) is 0 Å². The second kappa shape index (κ2) is 5.32. The number of piperidine rings is 1. The van der Waals surface area contributed by atoms with Crippen molar-refractivity contribution in [3.05, 3.63) is 28.1 Å². The number of hydrogen-bond donors (Lipinski definition) is 1. The summed E-state index contributed by atoms with van der Waals surface area (Å²) in [6, 6.07) is 0.320. The van der Waals surface area contributed by atoms with Crippen molar-refractivity contribution < 1.29 is 19.6 Å². The molecule has 0 saturated carbocycles. The topological polar surface area (TPSA) is 106 Å². The SMILES string of the molecule is Cn1cc([N+](=O)[O-])cc1C(=O)N1CCCC[C@@H]1C(=O)O. The zero-order chi connectivity index (χ0) is 14.9. The number of rotatable bonds is 3. The highest BCUT2D eigenvalue weighted by molar-refractivity contribution is 5.96. The summed E-state index contributed by atoms with van der Waals surface area (Å²) in [5, 5.41) is 19.9. The first-order chi connectivity index (χ1) is 9.41. The van der Waals surface area contributed by atoms with Crippen LogP contribution in [0, 0.1) is 10.1 Å². The van der Waals surface area contributed by atoms with Crippen LogP contribution in [0.15, 0.2) is 12.3 Å². The van der Waals surface area contributed by atoms with Crippen molar-refractivity contribution in [2.45, 2.75) is 25.3 Å². The molecule has 0 aromatic carbocycles. The Morgan fingerprint density at radius 1 is 1.45 bits per heavy atom. The number of hydrogen-bond acceptors (Lipinski definition) is 4. The largest absolute Gasteiger partial charge is 0.480 e. The summed E-state index contributed by atoms with van der Waals surface area (Å²) in [6.45, 7) is 0.356. The number of carbonyl (C=O) groups is 2. The highest BCUT2D eigenvalue weighted by atomic mass is 16.6. The molecule has 0 unspecified atom stereocenters. The Kier molecular flexibility index (Phi) is 3.73. The van der Waals surface area contributed by atoms with Crippen LogP contribution in [-0.2, 0) is 11.8 Å². The molecule has 1 aromatic rings. The lowest BCUT2D eigenvalue weighted by molar-refractivity contribution is -0.384. The molecule has 0 aliphatic carbocycles. The molecule has 1 atom stereocenters.